The maximum absolute atomic E-state index is 12.7. The lowest BCUT2D eigenvalue weighted by atomic mass is 10.0. The van der Waals surface area contributed by atoms with Crippen LogP contribution in [0.3, 0.4) is 0 Å². The smallest absolute Gasteiger partial charge is 0.270 e. The van der Waals surface area contributed by atoms with E-state index in [1.807, 2.05) is 6.92 Å². The molecule has 3 nitrogen and oxygen atoms in total. The number of hydrogen-bond donors (Lipinski definition) is 1. The van der Waals surface area contributed by atoms with Gasteiger partial charge in [-0.1, -0.05) is 38.8 Å². The Hall–Kier alpha value is -0.490. The molecule has 0 aliphatic carbocycles. The van der Waals surface area contributed by atoms with Crippen molar-refractivity contribution in [2.75, 3.05) is 10.7 Å². The molecular formula is C11H13Br2FN2O. The fourth-order valence-corrected chi connectivity index (χ4v) is 3.20. The van der Waals surface area contributed by atoms with Gasteiger partial charge in [0.1, 0.15) is 11.5 Å². The minimum Gasteiger partial charge on any atom is -0.344 e. The van der Waals surface area contributed by atoms with E-state index in [1.165, 1.54) is 12.1 Å². The van der Waals surface area contributed by atoms with Gasteiger partial charge in [0.25, 0.3) is 5.91 Å². The normalized spacial score (nSPS) is 11.3. The summed E-state index contributed by atoms with van der Waals surface area (Å²) in [5.74, 6) is -0.755. The van der Waals surface area contributed by atoms with E-state index in [1.54, 1.807) is 0 Å². The third kappa shape index (κ3) is 3.74. The van der Waals surface area contributed by atoms with Crippen LogP contribution in [-0.2, 0) is 0 Å². The number of alkyl halides is 2. The molecule has 1 N–H and O–H groups in total. The molecule has 1 heterocycles. The zero-order valence-electron chi connectivity index (χ0n) is 9.34. The summed E-state index contributed by atoms with van der Waals surface area (Å²) in [6.45, 7) is 1.99. The zero-order valence-corrected chi connectivity index (χ0v) is 12.5. The standard InChI is InChI=1S/C11H13Br2FN2O/c1-2-11(6-12,7-13)16-10(17)9-4-3-8(14)5-15-9/h3-5H,2,6-7H2,1H3,(H,16,17). The number of nitrogens with zero attached hydrogens (tertiary/aromatic N) is 1. The number of carbonyl (C=O) groups excluding carboxylic acids is 1. The van der Waals surface area contributed by atoms with Crippen LogP contribution in [0.2, 0.25) is 0 Å². The van der Waals surface area contributed by atoms with Crippen molar-refractivity contribution in [1.29, 1.82) is 0 Å². The summed E-state index contributed by atoms with van der Waals surface area (Å²) in [7, 11) is 0. The van der Waals surface area contributed by atoms with Gasteiger partial charge in [-0.2, -0.15) is 0 Å². The predicted molar refractivity (Wildman–Crippen MR) is 72.3 cm³/mol. The minimum atomic E-state index is -0.454. The summed E-state index contributed by atoms with van der Waals surface area (Å²) in [6.07, 6.45) is 1.81. The van der Waals surface area contributed by atoms with E-state index >= 15 is 0 Å². The van der Waals surface area contributed by atoms with Gasteiger partial charge in [0.15, 0.2) is 0 Å². The molecule has 6 heteroatoms. The molecule has 1 aromatic rings. The Balaban J connectivity index is 2.81. The largest absolute Gasteiger partial charge is 0.344 e. The molecule has 0 atom stereocenters. The van der Waals surface area contributed by atoms with Crippen LogP contribution in [0.1, 0.15) is 23.8 Å². The lowest BCUT2D eigenvalue weighted by Crippen LogP contribution is -2.51. The second kappa shape index (κ2) is 6.44. The molecule has 0 aromatic carbocycles. The van der Waals surface area contributed by atoms with Gasteiger partial charge in [-0.25, -0.2) is 9.37 Å². The summed E-state index contributed by atoms with van der Waals surface area (Å²) in [4.78, 5) is 15.7. The molecule has 0 unspecified atom stereocenters. The number of halogens is 3. The van der Waals surface area contributed by atoms with Crippen LogP contribution in [0.4, 0.5) is 4.39 Å². The quantitative estimate of drug-likeness (QED) is 0.813. The van der Waals surface area contributed by atoms with Gasteiger partial charge < -0.3 is 5.32 Å². The molecule has 0 fully saturated rings. The molecule has 1 aromatic heterocycles. The maximum atomic E-state index is 12.7. The van der Waals surface area contributed by atoms with E-state index in [9.17, 15) is 9.18 Å². The predicted octanol–water partition coefficient (Wildman–Crippen LogP) is 2.89. The monoisotopic (exact) mass is 366 g/mol. The van der Waals surface area contributed by atoms with E-state index in [0.717, 1.165) is 12.6 Å². The molecule has 0 radical (unpaired) electrons. The van der Waals surface area contributed by atoms with Crippen LogP contribution in [0.15, 0.2) is 18.3 Å². The number of hydrogen-bond acceptors (Lipinski definition) is 2. The van der Waals surface area contributed by atoms with Crippen molar-refractivity contribution in [3.05, 3.63) is 29.8 Å². The number of pyridine rings is 1. The van der Waals surface area contributed by atoms with Crippen molar-refractivity contribution in [2.24, 2.45) is 0 Å². The zero-order chi connectivity index (χ0) is 12.9. The average Bonchev–Trinajstić information content (AvgIpc) is 2.37. The molecule has 1 amide bonds. The van der Waals surface area contributed by atoms with Gasteiger partial charge in [0, 0.05) is 10.7 Å². The Bertz CT molecular complexity index is 371. The average molecular weight is 368 g/mol. The van der Waals surface area contributed by atoms with Crippen molar-refractivity contribution in [1.82, 2.24) is 10.3 Å². The van der Waals surface area contributed by atoms with Gasteiger partial charge >= 0.3 is 0 Å². The first-order chi connectivity index (χ1) is 8.06. The van der Waals surface area contributed by atoms with E-state index < -0.39 is 5.82 Å². The van der Waals surface area contributed by atoms with Crippen molar-refractivity contribution in [3.63, 3.8) is 0 Å². The number of rotatable bonds is 5. The molecule has 17 heavy (non-hydrogen) atoms. The molecular weight excluding hydrogens is 355 g/mol. The molecule has 0 aliphatic heterocycles. The Kier molecular flexibility index (Phi) is 5.52. The summed E-state index contributed by atoms with van der Waals surface area (Å²) in [5.41, 5.74) is -0.140. The van der Waals surface area contributed by atoms with Gasteiger partial charge in [-0.15, -0.1) is 0 Å². The van der Waals surface area contributed by atoms with Crippen molar-refractivity contribution in [2.45, 2.75) is 18.9 Å². The van der Waals surface area contributed by atoms with Crippen LogP contribution in [-0.4, -0.2) is 27.1 Å². The Morgan fingerprint density at radius 3 is 2.53 bits per heavy atom. The number of carbonyl (C=O) groups is 1. The van der Waals surface area contributed by atoms with Gasteiger partial charge in [-0.05, 0) is 18.6 Å². The van der Waals surface area contributed by atoms with Crippen molar-refractivity contribution in [3.8, 4) is 0 Å². The second-order valence-corrected chi connectivity index (χ2v) is 4.84. The third-order valence-corrected chi connectivity index (χ3v) is 4.67. The van der Waals surface area contributed by atoms with E-state index in [0.29, 0.717) is 10.7 Å². The topological polar surface area (TPSA) is 42.0 Å². The van der Waals surface area contributed by atoms with Crippen LogP contribution >= 0.6 is 31.9 Å². The summed E-state index contributed by atoms with van der Waals surface area (Å²) < 4.78 is 12.7. The van der Waals surface area contributed by atoms with Crippen LogP contribution in [0.5, 0.6) is 0 Å². The second-order valence-electron chi connectivity index (χ2n) is 3.72. The lowest BCUT2D eigenvalue weighted by Gasteiger charge is -2.29. The maximum Gasteiger partial charge on any atom is 0.270 e. The highest BCUT2D eigenvalue weighted by Gasteiger charge is 2.28. The summed E-state index contributed by atoms with van der Waals surface area (Å²) >= 11 is 6.76. The number of amides is 1. The Morgan fingerprint density at radius 1 is 1.47 bits per heavy atom. The molecule has 0 aliphatic rings. The Morgan fingerprint density at radius 2 is 2.12 bits per heavy atom. The molecule has 94 valence electrons. The lowest BCUT2D eigenvalue weighted by molar-refractivity contribution is 0.0910. The fraction of sp³-hybridized carbons (Fsp3) is 0.455. The van der Waals surface area contributed by atoms with Crippen molar-refractivity contribution < 1.29 is 9.18 Å². The van der Waals surface area contributed by atoms with Gasteiger partial charge in [0.05, 0.1) is 11.7 Å². The molecule has 1 rings (SSSR count). The van der Waals surface area contributed by atoms with Crippen molar-refractivity contribution >= 4 is 37.8 Å². The van der Waals surface area contributed by atoms with Crippen LogP contribution in [0.25, 0.3) is 0 Å². The van der Waals surface area contributed by atoms with Gasteiger partial charge in [0.2, 0.25) is 0 Å². The number of nitrogens with one attached hydrogen (secondary N) is 1. The first kappa shape index (κ1) is 14.6. The van der Waals surface area contributed by atoms with Crippen LogP contribution in [0, 0.1) is 5.82 Å². The minimum absolute atomic E-state index is 0.214. The Labute approximate surface area is 116 Å². The van der Waals surface area contributed by atoms with E-state index in [-0.39, 0.29) is 17.1 Å². The number of aromatic nitrogens is 1. The van der Waals surface area contributed by atoms with Gasteiger partial charge in [-0.3, -0.25) is 4.79 Å². The molecule has 0 spiro atoms. The summed E-state index contributed by atoms with van der Waals surface area (Å²) in [5, 5.41) is 4.16. The molecule has 0 saturated carbocycles. The highest BCUT2D eigenvalue weighted by molar-refractivity contribution is 9.09. The summed E-state index contributed by atoms with van der Waals surface area (Å²) in [6, 6.07) is 2.59. The first-order valence-electron chi connectivity index (χ1n) is 5.13. The highest BCUT2D eigenvalue weighted by Crippen LogP contribution is 2.17. The van der Waals surface area contributed by atoms with E-state index in [2.05, 4.69) is 42.2 Å². The highest BCUT2D eigenvalue weighted by atomic mass is 79.9. The van der Waals surface area contributed by atoms with E-state index in [4.69, 9.17) is 0 Å². The van der Waals surface area contributed by atoms with Crippen LogP contribution < -0.4 is 5.32 Å². The SMILES string of the molecule is CCC(CBr)(CBr)NC(=O)c1ccc(F)cn1. The molecule has 0 bridgehead atoms. The fourth-order valence-electron chi connectivity index (χ4n) is 1.19. The first-order valence-corrected chi connectivity index (χ1v) is 7.37. The third-order valence-electron chi connectivity index (χ3n) is 2.53. The molecule has 0 saturated heterocycles.